The minimum absolute atomic E-state index is 0.174. The Balaban J connectivity index is 1.50. The van der Waals surface area contributed by atoms with Crippen molar-refractivity contribution in [3.63, 3.8) is 0 Å². The van der Waals surface area contributed by atoms with Crippen LogP contribution in [0.3, 0.4) is 0 Å². The van der Waals surface area contributed by atoms with E-state index in [9.17, 15) is 5.11 Å². The second-order valence-corrected chi connectivity index (χ2v) is 8.06. The van der Waals surface area contributed by atoms with Crippen LogP contribution in [0.15, 0.2) is 54.6 Å². The highest BCUT2D eigenvalue weighted by molar-refractivity contribution is 5.35. The van der Waals surface area contributed by atoms with Gasteiger partial charge >= 0.3 is 0 Å². The molecule has 0 aromatic heterocycles. The largest absolute Gasteiger partial charge is 0.494 e. The van der Waals surface area contributed by atoms with E-state index in [4.69, 9.17) is 9.47 Å². The molecule has 2 aromatic carbocycles. The van der Waals surface area contributed by atoms with Crippen LogP contribution < -0.4 is 4.74 Å². The van der Waals surface area contributed by atoms with Gasteiger partial charge in [-0.15, -0.1) is 0 Å². The fourth-order valence-electron chi connectivity index (χ4n) is 4.35. The average Bonchev–Trinajstić information content (AvgIpc) is 3.57. The lowest BCUT2D eigenvalue weighted by atomic mass is 9.83. The molecule has 150 valence electrons. The molecule has 28 heavy (non-hydrogen) atoms. The maximum absolute atomic E-state index is 11.8. The van der Waals surface area contributed by atoms with E-state index in [0.29, 0.717) is 25.6 Å². The van der Waals surface area contributed by atoms with Gasteiger partial charge in [0.15, 0.2) is 0 Å². The Morgan fingerprint density at radius 2 is 1.86 bits per heavy atom. The molecule has 0 spiro atoms. The number of nitrogens with zero attached hydrogens (tertiary/aromatic N) is 1. The van der Waals surface area contributed by atoms with Crippen LogP contribution in [0.1, 0.15) is 30.9 Å². The predicted octanol–water partition coefficient (Wildman–Crippen LogP) is 3.67. The van der Waals surface area contributed by atoms with Crippen molar-refractivity contribution in [2.24, 2.45) is 5.92 Å². The second-order valence-electron chi connectivity index (χ2n) is 8.06. The Hall–Kier alpha value is -1.88. The molecule has 1 saturated carbocycles. The average molecular weight is 382 g/mol. The predicted molar refractivity (Wildman–Crippen MR) is 110 cm³/mol. The summed E-state index contributed by atoms with van der Waals surface area (Å²) < 4.78 is 12.0. The van der Waals surface area contributed by atoms with Crippen molar-refractivity contribution < 1.29 is 14.6 Å². The quantitative estimate of drug-likeness (QED) is 0.758. The summed E-state index contributed by atoms with van der Waals surface area (Å²) in [6.45, 7) is 5.86. The zero-order valence-corrected chi connectivity index (χ0v) is 16.7. The molecule has 2 unspecified atom stereocenters. The lowest BCUT2D eigenvalue weighted by molar-refractivity contribution is -0.154. The standard InChI is InChI=1S/C24H31NO3/c1-2-27-22-11-7-6-10-20(22)16-24(26,21-12-13-21)23-18-25(14-15-28-23)17-19-8-4-3-5-9-19/h3-11,21,23,26H,2,12-18H2,1H3. The molecule has 0 amide bonds. The smallest absolute Gasteiger partial charge is 0.122 e. The minimum Gasteiger partial charge on any atom is -0.494 e. The first-order valence-corrected chi connectivity index (χ1v) is 10.5. The molecule has 4 heteroatoms. The SMILES string of the molecule is CCOc1ccccc1CC(O)(C1CC1)C1CN(Cc2ccccc2)CCO1. The van der Waals surface area contributed by atoms with E-state index in [0.717, 1.165) is 43.8 Å². The van der Waals surface area contributed by atoms with E-state index < -0.39 is 5.60 Å². The van der Waals surface area contributed by atoms with Crippen LogP contribution in [0.2, 0.25) is 0 Å². The van der Waals surface area contributed by atoms with E-state index in [1.807, 2.05) is 31.2 Å². The Morgan fingerprint density at radius 3 is 2.61 bits per heavy atom. The summed E-state index contributed by atoms with van der Waals surface area (Å²) in [6, 6.07) is 18.6. The van der Waals surface area contributed by atoms with Gasteiger partial charge in [0.2, 0.25) is 0 Å². The van der Waals surface area contributed by atoms with Crippen molar-refractivity contribution in [3.05, 3.63) is 65.7 Å². The van der Waals surface area contributed by atoms with E-state index in [2.05, 4.69) is 35.2 Å². The first kappa shape index (κ1) is 19.4. The Kier molecular flexibility index (Phi) is 6.00. The fourth-order valence-corrected chi connectivity index (χ4v) is 4.35. The van der Waals surface area contributed by atoms with E-state index >= 15 is 0 Å². The Morgan fingerprint density at radius 1 is 1.11 bits per heavy atom. The third kappa shape index (κ3) is 4.40. The lowest BCUT2D eigenvalue weighted by Crippen LogP contribution is -2.56. The summed E-state index contributed by atoms with van der Waals surface area (Å²) in [4.78, 5) is 2.41. The van der Waals surface area contributed by atoms with Crippen LogP contribution in [-0.2, 0) is 17.7 Å². The summed E-state index contributed by atoms with van der Waals surface area (Å²) in [5.74, 6) is 1.19. The van der Waals surface area contributed by atoms with Crippen molar-refractivity contribution in [3.8, 4) is 5.75 Å². The van der Waals surface area contributed by atoms with Gasteiger partial charge in [-0.1, -0.05) is 48.5 Å². The number of benzene rings is 2. The first-order valence-electron chi connectivity index (χ1n) is 10.5. The van der Waals surface area contributed by atoms with E-state index in [1.165, 1.54) is 5.56 Å². The maximum Gasteiger partial charge on any atom is 0.122 e. The summed E-state index contributed by atoms with van der Waals surface area (Å²) in [7, 11) is 0. The summed E-state index contributed by atoms with van der Waals surface area (Å²) in [5.41, 5.74) is 1.53. The fraction of sp³-hybridized carbons (Fsp3) is 0.500. The third-order valence-corrected chi connectivity index (χ3v) is 5.99. The highest BCUT2D eigenvalue weighted by atomic mass is 16.5. The first-order chi connectivity index (χ1) is 13.7. The molecule has 0 bridgehead atoms. The molecule has 1 aliphatic heterocycles. The van der Waals surface area contributed by atoms with Gasteiger partial charge in [-0.05, 0) is 42.9 Å². The van der Waals surface area contributed by atoms with Crippen molar-refractivity contribution in [1.82, 2.24) is 4.90 Å². The number of para-hydroxylation sites is 1. The van der Waals surface area contributed by atoms with Crippen LogP contribution in [-0.4, -0.2) is 48.0 Å². The summed E-state index contributed by atoms with van der Waals surface area (Å²) in [5, 5.41) is 11.8. The highest BCUT2D eigenvalue weighted by Crippen LogP contribution is 2.45. The van der Waals surface area contributed by atoms with Gasteiger partial charge in [-0.3, -0.25) is 4.90 Å². The van der Waals surface area contributed by atoms with Crippen molar-refractivity contribution >= 4 is 0 Å². The second kappa shape index (κ2) is 8.64. The molecule has 2 aromatic rings. The van der Waals surface area contributed by atoms with Gasteiger partial charge < -0.3 is 14.6 Å². The van der Waals surface area contributed by atoms with Gasteiger partial charge in [0.1, 0.15) is 5.75 Å². The number of ether oxygens (including phenoxy) is 2. The molecule has 1 N–H and O–H groups in total. The zero-order valence-electron chi connectivity index (χ0n) is 16.7. The Labute approximate surface area is 168 Å². The van der Waals surface area contributed by atoms with Gasteiger partial charge in [0.25, 0.3) is 0 Å². The highest BCUT2D eigenvalue weighted by Gasteiger charge is 2.51. The lowest BCUT2D eigenvalue weighted by Gasteiger charge is -2.43. The number of rotatable bonds is 8. The Bertz CT molecular complexity index is 761. The molecular formula is C24H31NO3. The molecule has 2 fully saturated rings. The topological polar surface area (TPSA) is 41.9 Å². The van der Waals surface area contributed by atoms with Gasteiger partial charge in [0, 0.05) is 26.1 Å². The van der Waals surface area contributed by atoms with Crippen molar-refractivity contribution in [2.45, 2.75) is 44.4 Å². The normalized spacial score (nSPS) is 22.6. The molecule has 1 heterocycles. The minimum atomic E-state index is -0.845. The molecule has 1 saturated heterocycles. The summed E-state index contributed by atoms with van der Waals surface area (Å²) in [6.07, 6.45) is 2.56. The number of aliphatic hydroxyl groups is 1. The van der Waals surface area contributed by atoms with Crippen LogP contribution in [0.25, 0.3) is 0 Å². The molecule has 1 aliphatic carbocycles. The van der Waals surface area contributed by atoms with E-state index in [-0.39, 0.29) is 6.10 Å². The monoisotopic (exact) mass is 381 g/mol. The van der Waals surface area contributed by atoms with Crippen LogP contribution >= 0.6 is 0 Å². The summed E-state index contributed by atoms with van der Waals surface area (Å²) >= 11 is 0. The molecule has 4 rings (SSSR count). The van der Waals surface area contributed by atoms with Gasteiger partial charge in [-0.25, -0.2) is 0 Å². The zero-order chi connectivity index (χ0) is 19.4. The van der Waals surface area contributed by atoms with E-state index in [1.54, 1.807) is 0 Å². The van der Waals surface area contributed by atoms with Crippen LogP contribution in [0.4, 0.5) is 0 Å². The van der Waals surface area contributed by atoms with Crippen molar-refractivity contribution in [2.75, 3.05) is 26.3 Å². The molecule has 2 aliphatic rings. The van der Waals surface area contributed by atoms with Gasteiger partial charge in [-0.2, -0.15) is 0 Å². The number of hydrogen-bond acceptors (Lipinski definition) is 4. The number of hydrogen-bond donors (Lipinski definition) is 1. The number of morpholine rings is 1. The molecule has 2 atom stereocenters. The van der Waals surface area contributed by atoms with Crippen molar-refractivity contribution in [1.29, 1.82) is 0 Å². The molecule has 4 nitrogen and oxygen atoms in total. The van der Waals surface area contributed by atoms with Crippen LogP contribution in [0, 0.1) is 5.92 Å². The third-order valence-electron chi connectivity index (χ3n) is 5.99. The van der Waals surface area contributed by atoms with Crippen LogP contribution in [0.5, 0.6) is 5.75 Å². The van der Waals surface area contributed by atoms with Gasteiger partial charge in [0.05, 0.1) is 24.9 Å². The maximum atomic E-state index is 11.8. The molecular weight excluding hydrogens is 350 g/mol. The molecule has 0 radical (unpaired) electrons.